The van der Waals surface area contributed by atoms with Crippen molar-refractivity contribution in [2.45, 2.75) is 30.2 Å². The second-order valence-corrected chi connectivity index (χ2v) is 9.68. The Bertz CT molecular complexity index is 1200. The molecule has 2 bridgehead atoms. The zero-order valence-electron chi connectivity index (χ0n) is 16.5. The number of nitrogens with one attached hydrogen (secondary N) is 1. The number of piperidine rings is 1. The van der Waals surface area contributed by atoms with Gasteiger partial charge in [0.1, 0.15) is 0 Å². The summed E-state index contributed by atoms with van der Waals surface area (Å²) in [5.41, 5.74) is 8.02. The first kappa shape index (κ1) is 19.2. The van der Waals surface area contributed by atoms with Crippen LogP contribution in [0.1, 0.15) is 18.4 Å². The van der Waals surface area contributed by atoms with E-state index in [1.165, 1.54) is 18.8 Å². The Labute approximate surface area is 174 Å². The molecule has 2 aliphatic rings. The van der Waals surface area contributed by atoms with Crippen LogP contribution >= 0.6 is 0 Å². The number of oxazole rings is 1. The van der Waals surface area contributed by atoms with Gasteiger partial charge >= 0.3 is 0 Å². The van der Waals surface area contributed by atoms with Crippen LogP contribution in [0.2, 0.25) is 0 Å². The summed E-state index contributed by atoms with van der Waals surface area (Å²) in [4.78, 5) is 15.2. The molecule has 2 fully saturated rings. The largest absolute Gasteiger partial charge is 0.442 e. The summed E-state index contributed by atoms with van der Waals surface area (Å²) in [6, 6.07) is 5.05. The van der Waals surface area contributed by atoms with Crippen molar-refractivity contribution in [3.63, 3.8) is 0 Å². The molecule has 1 aromatic carbocycles. The smallest absolute Gasteiger partial charge is 0.241 e. The molecule has 0 aliphatic carbocycles. The normalized spacial score (nSPS) is 23.2. The standard InChI is InChI=1S/C20H22N6O3S/c1-13-2-3-14(30(27,28)25-20-4-6-26(11-20)7-5-20)8-15(13)16-9-23-19(21)18(24-16)17-10-22-12-29-17/h2-3,8-10,12,25H,4-7,11H2,1H3,(H2,21,23). The quantitative estimate of drug-likeness (QED) is 0.632. The minimum atomic E-state index is -3.67. The van der Waals surface area contributed by atoms with Crippen molar-refractivity contribution in [3.8, 4) is 22.7 Å². The highest BCUT2D eigenvalue weighted by molar-refractivity contribution is 7.89. The number of aryl methyl sites for hydroxylation is 1. The number of hydrogen-bond acceptors (Lipinski definition) is 8. The summed E-state index contributed by atoms with van der Waals surface area (Å²) in [5, 5.41) is 0. The maximum absolute atomic E-state index is 13.2. The predicted octanol–water partition coefficient (Wildman–Crippen LogP) is 1.82. The number of anilines is 1. The molecule has 0 radical (unpaired) electrons. The molecule has 3 N–H and O–H groups in total. The Kier molecular flexibility index (Phi) is 4.38. The first-order valence-corrected chi connectivity index (χ1v) is 11.2. The maximum Gasteiger partial charge on any atom is 0.241 e. The maximum atomic E-state index is 13.2. The van der Waals surface area contributed by atoms with Crippen molar-refractivity contribution in [1.82, 2.24) is 24.6 Å². The Morgan fingerprint density at radius 3 is 2.70 bits per heavy atom. The number of hydrogen-bond donors (Lipinski definition) is 2. The second kappa shape index (κ2) is 6.86. The SMILES string of the molecule is Cc1ccc(S(=O)(=O)NC23CCN(CC2)C3)cc1-c1cnc(N)c(-c2cnco2)n1. The fourth-order valence-electron chi connectivity index (χ4n) is 4.29. The lowest BCUT2D eigenvalue weighted by Crippen LogP contribution is -2.47. The Morgan fingerprint density at radius 1 is 1.23 bits per heavy atom. The molecule has 0 atom stereocenters. The van der Waals surface area contributed by atoms with Crippen LogP contribution in [0, 0.1) is 6.92 Å². The van der Waals surface area contributed by atoms with Gasteiger partial charge in [-0.05, 0) is 37.5 Å². The van der Waals surface area contributed by atoms with E-state index in [4.69, 9.17) is 10.2 Å². The number of aromatic nitrogens is 3. The summed E-state index contributed by atoms with van der Waals surface area (Å²) in [7, 11) is -3.67. The molecule has 10 heteroatoms. The van der Waals surface area contributed by atoms with Gasteiger partial charge in [0.15, 0.2) is 23.7 Å². The predicted molar refractivity (Wildman–Crippen MR) is 111 cm³/mol. The van der Waals surface area contributed by atoms with Gasteiger partial charge in [-0.15, -0.1) is 0 Å². The van der Waals surface area contributed by atoms with E-state index in [0.29, 0.717) is 22.7 Å². The van der Waals surface area contributed by atoms with Gasteiger partial charge in [0.25, 0.3) is 0 Å². The fourth-order valence-corrected chi connectivity index (χ4v) is 5.77. The summed E-state index contributed by atoms with van der Waals surface area (Å²) in [5.74, 6) is 0.612. The molecule has 3 aromatic rings. The molecule has 0 saturated carbocycles. The van der Waals surface area contributed by atoms with Crippen LogP contribution in [-0.2, 0) is 10.0 Å². The molecule has 5 rings (SSSR count). The van der Waals surface area contributed by atoms with Crippen molar-refractivity contribution in [1.29, 1.82) is 0 Å². The molecule has 9 nitrogen and oxygen atoms in total. The van der Waals surface area contributed by atoms with E-state index in [2.05, 4.69) is 24.6 Å². The van der Waals surface area contributed by atoms with Crippen molar-refractivity contribution in [2.24, 2.45) is 0 Å². The van der Waals surface area contributed by atoms with Gasteiger partial charge in [0, 0.05) is 30.7 Å². The van der Waals surface area contributed by atoms with Gasteiger partial charge in [-0.1, -0.05) is 6.07 Å². The lowest BCUT2D eigenvalue weighted by atomic mass is 9.97. The van der Waals surface area contributed by atoms with Crippen LogP contribution in [0.15, 0.2) is 46.3 Å². The molecule has 4 heterocycles. The number of nitrogens with two attached hydrogens (primary N) is 1. The molecule has 0 spiro atoms. The molecular weight excluding hydrogens is 404 g/mol. The average Bonchev–Trinajstić information content (AvgIpc) is 3.46. The minimum absolute atomic E-state index is 0.211. The van der Waals surface area contributed by atoms with E-state index in [-0.39, 0.29) is 16.3 Å². The highest BCUT2D eigenvalue weighted by atomic mass is 32.2. The molecule has 2 aromatic heterocycles. The van der Waals surface area contributed by atoms with Crippen LogP contribution in [-0.4, -0.2) is 53.4 Å². The van der Waals surface area contributed by atoms with Crippen LogP contribution in [0.25, 0.3) is 22.7 Å². The van der Waals surface area contributed by atoms with Crippen molar-refractivity contribution >= 4 is 15.8 Å². The molecule has 156 valence electrons. The lowest BCUT2D eigenvalue weighted by molar-refractivity contribution is 0.359. The van der Waals surface area contributed by atoms with Crippen LogP contribution in [0.5, 0.6) is 0 Å². The number of benzene rings is 1. The number of fused-ring (bicyclic) bond motifs is 2. The third kappa shape index (κ3) is 3.26. The average molecular weight is 427 g/mol. The monoisotopic (exact) mass is 426 g/mol. The van der Waals surface area contributed by atoms with Gasteiger partial charge < -0.3 is 15.1 Å². The Balaban J connectivity index is 1.52. The number of rotatable bonds is 5. The fraction of sp³-hybridized carbons (Fsp3) is 0.350. The lowest BCUT2D eigenvalue weighted by Gasteiger charge is -2.26. The number of nitrogens with zero attached hydrogens (tertiary/aromatic N) is 4. The topological polar surface area (TPSA) is 127 Å². The molecule has 30 heavy (non-hydrogen) atoms. The molecule has 2 saturated heterocycles. The van der Waals surface area contributed by atoms with Crippen molar-refractivity contribution < 1.29 is 12.8 Å². The highest BCUT2D eigenvalue weighted by Crippen LogP contribution is 2.34. The zero-order chi connectivity index (χ0) is 20.9. The summed E-state index contributed by atoms with van der Waals surface area (Å²) in [6.07, 6.45) is 6.02. The van der Waals surface area contributed by atoms with Gasteiger partial charge in [0.2, 0.25) is 10.0 Å². The number of nitrogen functional groups attached to an aromatic ring is 1. The van der Waals surface area contributed by atoms with E-state index < -0.39 is 10.0 Å². The minimum Gasteiger partial charge on any atom is -0.442 e. The first-order chi connectivity index (χ1) is 14.4. The van der Waals surface area contributed by atoms with Crippen LogP contribution < -0.4 is 10.5 Å². The van der Waals surface area contributed by atoms with Crippen molar-refractivity contribution in [2.75, 3.05) is 25.4 Å². The first-order valence-electron chi connectivity index (χ1n) is 9.74. The van der Waals surface area contributed by atoms with Gasteiger partial charge in [-0.3, -0.25) is 0 Å². The molecule has 0 unspecified atom stereocenters. The number of sulfonamides is 1. The Hall–Kier alpha value is -2.82. The summed E-state index contributed by atoms with van der Waals surface area (Å²) >= 11 is 0. The molecule has 2 aliphatic heterocycles. The molecule has 0 amide bonds. The summed E-state index contributed by atoms with van der Waals surface area (Å²) < 4.78 is 34.6. The van der Waals surface area contributed by atoms with E-state index in [1.807, 2.05) is 6.92 Å². The van der Waals surface area contributed by atoms with Gasteiger partial charge in [0.05, 0.1) is 23.0 Å². The van der Waals surface area contributed by atoms with Crippen LogP contribution in [0.4, 0.5) is 5.82 Å². The second-order valence-electron chi connectivity index (χ2n) is 7.99. The zero-order valence-corrected chi connectivity index (χ0v) is 17.3. The third-order valence-electron chi connectivity index (χ3n) is 5.95. The van der Waals surface area contributed by atoms with Crippen LogP contribution in [0.3, 0.4) is 0 Å². The van der Waals surface area contributed by atoms with Gasteiger partial charge in [-0.25, -0.2) is 28.1 Å². The Morgan fingerprint density at radius 2 is 2.03 bits per heavy atom. The molecular formula is C20H22N6O3S. The van der Waals surface area contributed by atoms with E-state index in [9.17, 15) is 8.42 Å². The summed E-state index contributed by atoms with van der Waals surface area (Å²) in [6.45, 7) is 4.55. The van der Waals surface area contributed by atoms with E-state index in [0.717, 1.165) is 38.0 Å². The third-order valence-corrected chi connectivity index (χ3v) is 7.53. The highest BCUT2D eigenvalue weighted by Gasteiger charge is 2.46. The van der Waals surface area contributed by atoms with Gasteiger partial charge in [-0.2, -0.15) is 0 Å². The van der Waals surface area contributed by atoms with Crippen molar-refractivity contribution in [3.05, 3.63) is 42.5 Å². The van der Waals surface area contributed by atoms with E-state index >= 15 is 0 Å². The van der Waals surface area contributed by atoms with E-state index in [1.54, 1.807) is 18.2 Å².